The van der Waals surface area contributed by atoms with E-state index in [4.69, 9.17) is 0 Å². The van der Waals surface area contributed by atoms with E-state index in [2.05, 4.69) is 32.7 Å². The molecule has 0 amide bonds. The Morgan fingerprint density at radius 1 is 1.11 bits per heavy atom. The Bertz CT molecular complexity index is 871. The lowest BCUT2D eigenvalue weighted by atomic mass is 10.2. The van der Waals surface area contributed by atoms with Gasteiger partial charge in [0.15, 0.2) is 4.96 Å². The minimum Gasteiger partial charge on any atom is -0.290 e. The van der Waals surface area contributed by atoms with E-state index in [1.165, 1.54) is 4.88 Å². The van der Waals surface area contributed by atoms with E-state index in [9.17, 15) is 0 Å². The predicted molar refractivity (Wildman–Crippen MR) is 78.5 cm³/mol. The van der Waals surface area contributed by atoms with Crippen molar-refractivity contribution in [2.24, 2.45) is 0 Å². The van der Waals surface area contributed by atoms with Gasteiger partial charge in [0.25, 0.3) is 0 Å². The van der Waals surface area contributed by atoms with Crippen molar-refractivity contribution in [2.45, 2.75) is 6.92 Å². The highest BCUT2D eigenvalue weighted by Crippen LogP contribution is 2.30. The highest BCUT2D eigenvalue weighted by atomic mass is 32.1. The van der Waals surface area contributed by atoms with Crippen molar-refractivity contribution in [3.8, 4) is 10.4 Å². The van der Waals surface area contributed by atoms with Crippen LogP contribution in [0.5, 0.6) is 0 Å². The Kier molecular flexibility index (Phi) is 2.19. The molecule has 3 heterocycles. The maximum atomic E-state index is 4.64. The summed E-state index contributed by atoms with van der Waals surface area (Å²) >= 11 is 1.69. The number of aryl methyl sites for hydroxylation is 1. The van der Waals surface area contributed by atoms with Gasteiger partial charge in [0, 0.05) is 23.7 Å². The minimum absolute atomic E-state index is 1.02. The normalized spacial score (nSPS) is 11.4. The van der Waals surface area contributed by atoms with Crippen LogP contribution < -0.4 is 0 Å². The number of fused-ring (bicyclic) bond motifs is 3. The van der Waals surface area contributed by atoms with Crippen LogP contribution in [0.4, 0.5) is 0 Å². The molecule has 0 aliphatic carbocycles. The summed E-state index contributed by atoms with van der Waals surface area (Å²) in [5, 5.41) is 0. The third-order valence-electron chi connectivity index (χ3n) is 3.21. The van der Waals surface area contributed by atoms with E-state index in [1.807, 2.05) is 37.4 Å². The SMILES string of the molecule is Cc1ccc(-c2cn3c(nc4ccccc43)s2)cn1. The fourth-order valence-corrected chi connectivity index (χ4v) is 3.19. The van der Waals surface area contributed by atoms with E-state index in [-0.39, 0.29) is 0 Å². The predicted octanol–water partition coefficient (Wildman–Crippen LogP) is 3.92. The first-order valence-corrected chi connectivity index (χ1v) is 6.92. The lowest BCUT2D eigenvalue weighted by Gasteiger charge is -1.96. The van der Waals surface area contributed by atoms with Gasteiger partial charge >= 0.3 is 0 Å². The summed E-state index contributed by atoms with van der Waals surface area (Å²) in [5.74, 6) is 0. The van der Waals surface area contributed by atoms with Crippen LogP contribution in [-0.2, 0) is 0 Å². The van der Waals surface area contributed by atoms with Gasteiger partial charge in [-0.05, 0) is 25.1 Å². The average Bonchev–Trinajstić information content (AvgIpc) is 2.97. The van der Waals surface area contributed by atoms with E-state index in [0.717, 1.165) is 27.3 Å². The Hall–Kier alpha value is -2.20. The Balaban J connectivity index is 1.94. The second kappa shape index (κ2) is 3.90. The molecule has 0 atom stereocenters. The standard InChI is InChI=1S/C15H11N3S/c1-10-6-7-11(8-16-10)14-9-18-13-5-3-2-4-12(13)17-15(18)19-14/h2-9H,1H3. The zero-order valence-electron chi connectivity index (χ0n) is 10.4. The summed E-state index contributed by atoms with van der Waals surface area (Å²) in [5.41, 5.74) is 4.38. The number of aromatic nitrogens is 3. The number of nitrogens with zero attached hydrogens (tertiary/aromatic N) is 3. The van der Waals surface area contributed by atoms with Gasteiger partial charge < -0.3 is 0 Å². The monoisotopic (exact) mass is 265 g/mol. The molecule has 1 aromatic carbocycles. The summed E-state index contributed by atoms with van der Waals surface area (Å²) in [4.78, 5) is 11.2. The zero-order chi connectivity index (χ0) is 12.8. The van der Waals surface area contributed by atoms with Crippen LogP contribution in [0.1, 0.15) is 5.69 Å². The number of para-hydroxylation sites is 2. The molecule has 19 heavy (non-hydrogen) atoms. The minimum atomic E-state index is 1.02. The van der Waals surface area contributed by atoms with Gasteiger partial charge in [-0.1, -0.05) is 29.5 Å². The van der Waals surface area contributed by atoms with Gasteiger partial charge in [-0.25, -0.2) is 4.98 Å². The summed E-state index contributed by atoms with van der Waals surface area (Å²) in [6.45, 7) is 2.00. The summed E-state index contributed by atoms with van der Waals surface area (Å²) in [7, 11) is 0. The van der Waals surface area contributed by atoms with Gasteiger partial charge in [0.05, 0.1) is 15.9 Å². The maximum absolute atomic E-state index is 4.64. The molecule has 4 heteroatoms. The molecular formula is C15H11N3S. The third kappa shape index (κ3) is 1.64. The number of imidazole rings is 1. The van der Waals surface area contributed by atoms with E-state index in [0.29, 0.717) is 0 Å². The van der Waals surface area contributed by atoms with Gasteiger partial charge in [-0.3, -0.25) is 9.38 Å². The molecule has 0 aliphatic heterocycles. The van der Waals surface area contributed by atoms with Crippen molar-refractivity contribution in [1.82, 2.24) is 14.4 Å². The van der Waals surface area contributed by atoms with Crippen molar-refractivity contribution in [2.75, 3.05) is 0 Å². The summed E-state index contributed by atoms with van der Waals surface area (Å²) in [6, 6.07) is 12.3. The van der Waals surface area contributed by atoms with Crippen molar-refractivity contribution in [3.63, 3.8) is 0 Å². The van der Waals surface area contributed by atoms with Crippen molar-refractivity contribution < 1.29 is 0 Å². The molecule has 0 spiro atoms. The second-order valence-electron chi connectivity index (χ2n) is 4.54. The first-order valence-electron chi connectivity index (χ1n) is 6.11. The molecule has 3 aromatic heterocycles. The first-order chi connectivity index (χ1) is 9.31. The molecule has 0 N–H and O–H groups in total. The highest BCUT2D eigenvalue weighted by Gasteiger charge is 2.09. The van der Waals surface area contributed by atoms with Crippen LogP contribution in [0.25, 0.3) is 26.4 Å². The lowest BCUT2D eigenvalue weighted by molar-refractivity contribution is 1.20. The fourth-order valence-electron chi connectivity index (χ4n) is 2.21. The molecular weight excluding hydrogens is 254 g/mol. The van der Waals surface area contributed by atoms with Crippen LogP contribution >= 0.6 is 11.3 Å². The lowest BCUT2D eigenvalue weighted by Crippen LogP contribution is -1.81. The summed E-state index contributed by atoms with van der Waals surface area (Å²) in [6.07, 6.45) is 4.06. The number of benzene rings is 1. The second-order valence-corrected chi connectivity index (χ2v) is 5.55. The van der Waals surface area contributed by atoms with Crippen LogP contribution in [-0.4, -0.2) is 14.4 Å². The molecule has 4 rings (SSSR count). The van der Waals surface area contributed by atoms with Crippen molar-refractivity contribution >= 4 is 27.3 Å². The fraction of sp³-hybridized carbons (Fsp3) is 0.0667. The maximum Gasteiger partial charge on any atom is 0.195 e. The Morgan fingerprint density at radius 2 is 2.00 bits per heavy atom. The topological polar surface area (TPSA) is 30.2 Å². The summed E-state index contributed by atoms with van der Waals surface area (Å²) < 4.78 is 2.15. The third-order valence-corrected chi connectivity index (χ3v) is 4.24. The van der Waals surface area contributed by atoms with Gasteiger partial charge in [-0.2, -0.15) is 0 Å². The van der Waals surface area contributed by atoms with E-state index in [1.54, 1.807) is 11.3 Å². The Morgan fingerprint density at radius 3 is 2.84 bits per heavy atom. The molecule has 0 fully saturated rings. The molecule has 0 saturated carbocycles. The molecule has 0 radical (unpaired) electrons. The average molecular weight is 265 g/mol. The van der Waals surface area contributed by atoms with Crippen LogP contribution in [0.2, 0.25) is 0 Å². The van der Waals surface area contributed by atoms with Gasteiger partial charge in [0.1, 0.15) is 0 Å². The van der Waals surface area contributed by atoms with E-state index >= 15 is 0 Å². The van der Waals surface area contributed by atoms with Crippen LogP contribution in [0.15, 0.2) is 48.8 Å². The Labute approximate surface area is 114 Å². The molecule has 3 nitrogen and oxygen atoms in total. The van der Waals surface area contributed by atoms with E-state index < -0.39 is 0 Å². The van der Waals surface area contributed by atoms with Crippen LogP contribution in [0.3, 0.4) is 0 Å². The largest absolute Gasteiger partial charge is 0.290 e. The number of hydrogen-bond acceptors (Lipinski definition) is 3. The molecule has 0 saturated heterocycles. The van der Waals surface area contributed by atoms with Crippen molar-refractivity contribution in [3.05, 3.63) is 54.5 Å². The number of pyridine rings is 1. The molecule has 92 valence electrons. The van der Waals surface area contributed by atoms with Crippen LogP contribution in [0, 0.1) is 6.92 Å². The first kappa shape index (κ1) is 10.7. The number of rotatable bonds is 1. The molecule has 0 aliphatic rings. The zero-order valence-corrected chi connectivity index (χ0v) is 11.2. The number of hydrogen-bond donors (Lipinski definition) is 0. The molecule has 0 unspecified atom stereocenters. The van der Waals surface area contributed by atoms with Gasteiger partial charge in [0.2, 0.25) is 0 Å². The smallest absolute Gasteiger partial charge is 0.195 e. The highest BCUT2D eigenvalue weighted by molar-refractivity contribution is 7.20. The number of thiazole rings is 1. The van der Waals surface area contributed by atoms with Crippen molar-refractivity contribution in [1.29, 1.82) is 0 Å². The van der Waals surface area contributed by atoms with Gasteiger partial charge in [-0.15, -0.1) is 0 Å². The quantitative estimate of drug-likeness (QED) is 0.522. The molecule has 0 bridgehead atoms. The molecule has 4 aromatic rings.